The first-order valence-electron chi connectivity index (χ1n) is 4.88. The molecule has 0 radical (unpaired) electrons. The topological polar surface area (TPSA) is 75.3 Å². The SMILES string of the molecule is Nc1cc(Br)nc(N2CCCC2CO)n1. The lowest BCUT2D eigenvalue weighted by atomic mass is 10.2. The zero-order valence-electron chi connectivity index (χ0n) is 8.23. The van der Waals surface area contributed by atoms with Gasteiger partial charge in [-0.05, 0) is 28.8 Å². The van der Waals surface area contributed by atoms with Gasteiger partial charge in [0.05, 0.1) is 12.6 Å². The number of aliphatic hydroxyl groups is 1. The summed E-state index contributed by atoms with van der Waals surface area (Å²) < 4.78 is 0.675. The van der Waals surface area contributed by atoms with Gasteiger partial charge in [0.2, 0.25) is 5.95 Å². The molecule has 2 heterocycles. The van der Waals surface area contributed by atoms with E-state index in [-0.39, 0.29) is 12.6 Å². The van der Waals surface area contributed by atoms with Crippen molar-refractivity contribution < 1.29 is 5.11 Å². The molecule has 1 aliphatic heterocycles. The summed E-state index contributed by atoms with van der Waals surface area (Å²) in [5.74, 6) is 1.04. The average Bonchev–Trinajstić information content (AvgIpc) is 2.63. The molecule has 5 nitrogen and oxygen atoms in total. The molecule has 1 aromatic rings. The Morgan fingerprint density at radius 1 is 1.60 bits per heavy atom. The van der Waals surface area contributed by atoms with Gasteiger partial charge in [-0.1, -0.05) is 0 Å². The molecule has 82 valence electrons. The van der Waals surface area contributed by atoms with Crippen molar-refractivity contribution in [2.45, 2.75) is 18.9 Å². The van der Waals surface area contributed by atoms with E-state index in [1.54, 1.807) is 6.07 Å². The Balaban J connectivity index is 2.28. The third-order valence-electron chi connectivity index (χ3n) is 2.55. The Labute approximate surface area is 96.5 Å². The normalized spacial score (nSPS) is 20.9. The molecular weight excluding hydrogens is 260 g/mol. The largest absolute Gasteiger partial charge is 0.394 e. The van der Waals surface area contributed by atoms with E-state index in [0.29, 0.717) is 16.4 Å². The highest BCUT2D eigenvalue weighted by Crippen LogP contribution is 2.24. The maximum atomic E-state index is 9.20. The van der Waals surface area contributed by atoms with Gasteiger partial charge in [0.15, 0.2) is 0 Å². The smallest absolute Gasteiger partial charge is 0.228 e. The molecule has 1 aliphatic rings. The molecule has 1 fully saturated rings. The van der Waals surface area contributed by atoms with Crippen LogP contribution in [0.15, 0.2) is 10.7 Å². The van der Waals surface area contributed by atoms with Crippen LogP contribution in [0.2, 0.25) is 0 Å². The van der Waals surface area contributed by atoms with E-state index in [4.69, 9.17) is 5.73 Å². The molecule has 0 saturated carbocycles. The monoisotopic (exact) mass is 272 g/mol. The summed E-state index contributed by atoms with van der Waals surface area (Å²) in [5.41, 5.74) is 5.64. The van der Waals surface area contributed by atoms with Crippen molar-refractivity contribution in [2.24, 2.45) is 0 Å². The minimum absolute atomic E-state index is 0.124. The van der Waals surface area contributed by atoms with Gasteiger partial charge in [0.25, 0.3) is 0 Å². The predicted octanol–water partition coefficient (Wildman–Crippen LogP) is 0.782. The predicted molar refractivity (Wildman–Crippen MR) is 61.6 cm³/mol. The molecule has 0 bridgehead atoms. The molecule has 0 aromatic carbocycles. The van der Waals surface area contributed by atoms with Crippen molar-refractivity contribution in [3.8, 4) is 0 Å². The second kappa shape index (κ2) is 4.32. The van der Waals surface area contributed by atoms with Crippen LogP contribution in [0.3, 0.4) is 0 Å². The zero-order chi connectivity index (χ0) is 10.8. The van der Waals surface area contributed by atoms with Gasteiger partial charge < -0.3 is 15.7 Å². The number of aliphatic hydroxyl groups excluding tert-OH is 1. The third kappa shape index (κ3) is 2.21. The maximum Gasteiger partial charge on any atom is 0.228 e. The fourth-order valence-electron chi connectivity index (χ4n) is 1.84. The second-order valence-corrected chi connectivity index (χ2v) is 4.40. The summed E-state index contributed by atoms with van der Waals surface area (Å²) in [6.07, 6.45) is 2.04. The number of hydrogen-bond donors (Lipinski definition) is 2. The van der Waals surface area contributed by atoms with Crippen molar-refractivity contribution in [2.75, 3.05) is 23.8 Å². The molecule has 0 spiro atoms. The summed E-state index contributed by atoms with van der Waals surface area (Å²) in [6, 6.07) is 1.78. The van der Waals surface area contributed by atoms with Crippen LogP contribution < -0.4 is 10.6 Å². The molecule has 0 amide bonds. The van der Waals surface area contributed by atoms with Gasteiger partial charge in [-0.2, -0.15) is 4.98 Å². The van der Waals surface area contributed by atoms with Crippen LogP contribution in [-0.4, -0.2) is 34.3 Å². The Hall–Kier alpha value is -0.880. The van der Waals surface area contributed by atoms with Gasteiger partial charge >= 0.3 is 0 Å². The van der Waals surface area contributed by atoms with Crippen LogP contribution in [0.25, 0.3) is 0 Å². The van der Waals surface area contributed by atoms with Crippen LogP contribution in [0.5, 0.6) is 0 Å². The fraction of sp³-hybridized carbons (Fsp3) is 0.556. The molecule has 1 atom stereocenters. The number of halogens is 1. The van der Waals surface area contributed by atoms with Crippen LogP contribution >= 0.6 is 15.9 Å². The molecule has 6 heteroatoms. The summed E-state index contributed by atoms with van der Waals surface area (Å²) in [4.78, 5) is 10.4. The molecular formula is C9H13BrN4O. The van der Waals surface area contributed by atoms with Crippen molar-refractivity contribution in [1.29, 1.82) is 0 Å². The van der Waals surface area contributed by atoms with E-state index < -0.39 is 0 Å². The number of rotatable bonds is 2. The van der Waals surface area contributed by atoms with Gasteiger partial charge in [-0.3, -0.25) is 0 Å². The Kier molecular flexibility index (Phi) is 3.06. The lowest BCUT2D eigenvalue weighted by Crippen LogP contribution is -2.33. The number of nitrogen functional groups attached to an aromatic ring is 1. The molecule has 15 heavy (non-hydrogen) atoms. The van der Waals surface area contributed by atoms with Gasteiger partial charge in [-0.25, -0.2) is 4.98 Å². The van der Waals surface area contributed by atoms with Crippen molar-refractivity contribution in [3.05, 3.63) is 10.7 Å². The van der Waals surface area contributed by atoms with Crippen molar-refractivity contribution in [3.63, 3.8) is 0 Å². The molecule has 0 aliphatic carbocycles. The Bertz CT molecular complexity index is 340. The van der Waals surface area contributed by atoms with E-state index in [1.165, 1.54) is 0 Å². The first-order valence-corrected chi connectivity index (χ1v) is 5.67. The average molecular weight is 273 g/mol. The first kappa shape index (κ1) is 10.6. The Morgan fingerprint density at radius 3 is 3.07 bits per heavy atom. The van der Waals surface area contributed by atoms with E-state index in [2.05, 4.69) is 25.9 Å². The van der Waals surface area contributed by atoms with E-state index in [9.17, 15) is 5.11 Å². The number of hydrogen-bond acceptors (Lipinski definition) is 5. The van der Waals surface area contributed by atoms with Gasteiger partial charge in [-0.15, -0.1) is 0 Å². The number of anilines is 2. The number of aromatic nitrogens is 2. The van der Waals surface area contributed by atoms with E-state index >= 15 is 0 Å². The molecule has 1 unspecified atom stereocenters. The van der Waals surface area contributed by atoms with Crippen LogP contribution in [0.4, 0.5) is 11.8 Å². The summed E-state index contributed by atoms with van der Waals surface area (Å²) >= 11 is 3.28. The summed E-state index contributed by atoms with van der Waals surface area (Å²) in [5, 5.41) is 9.20. The third-order valence-corrected chi connectivity index (χ3v) is 2.95. The lowest BCUT2D eigenvalue weighted by molar-refractivity contribution is 0.265. The zero-order valence-corrected chi connectivity index (χ0v) is 9.81. The number of nitrogens with zero attached hydrogens (tertiary/aromatic N) is 3. The minimum Gasteiger partial charge on any atom is -0.394 e. The molecule has 1 aromatic heterocycles. The Morgan fingerprint density at radius 2 is 2.40 bits per heavy atom. The molecule has 1 saturated heterocycles. The van der Waals surface area contributed by atoms with E-state index in [0.717, 1.165) is 19.4 Å². The highest BCUT2D eigenvalue weighted by molar-refractivity contribution is 9.10. The maximum absolute atomic E-state index is 9.20. The fourth-order valence-corrected chi connectivity index (χ4v) is 2.23. The highest BCUT2D eigenvalue weighted by Gasteiger charge is 2.26. The molecule has 3 N–H and O–H groups in total. The van der Waals surface area contributed by atoms with Crippen LogP contribution in [0.1, 0.15) is 12.8 Å². The van der Waals surface area contributed by atoms with Gasteiger partial charge in [0, 0.05) is 12.6 Å². The quantitative estimate of drug-likeness (QED) is 0.779. The minimum atomic E-state index is 0.124. The highest BCUT2D eigenvalue weighted by atomic mass is 79.9. The number of nitrogens with two attached hydrogens (primary N) is 1. The van der Waals surface area contributed by atoms with Crippen molar-refractivity contribution >= 4 is 27.7 Å². The van der Waals surface area contributed by atoms with Crippen LogP contribution in [0, 0.1) is 0 Å². The van der Waals surface area contributed by atoms with E-state index in [1.807, 2.05) is 4.90 Å². The van der Waals surface area contributed by atoms with Crippen molar-refractivity contribution in [1.82, 2.24) is 9.97 Å². The summed E-state index contributed by atoms with van der Waals surface area (Å²) in [6.45, 7) is 1.01. The second-order valence-electron chi connectivity index (χ2n) is 3.59. The standard InChI is InChI=1S/C9H13BrN4O/c10-7-4-8(11)13-9(12-7)14-3-1-2-6(14)5-15/h4,6,15H,1-3,5H2,(H2,11,12,13). The first-order chi connectivity index (χ1) is 7.20. The van der Waals surface area contributed by atoms with Gasteiger partial charge in [0.1, 0.15) is 10.4 Å². The lowest BCUT2D eigenvalue weighted by Gasteiger charge is -2.22. The molecule has 2 rings (SSSR count). The summed E-state index contributed by atoms with van der Waals surface area (Å²) in [7, 11) is 0. The van der Waals surface area contributed by atoms with Crippen LogP contribution in [-0.2, 0) is 0 Å².